The lowest BCUT2D eigenvalue weighted by Crippen LogP contribution is -2.02. The van der Waals surface area contributed by atoms with Crippen LogP contribution >= 0.6 is 11.6 Å². The van der Waals surface area contributed by atoms with E-state index in [4.69, 9.17) is 21.3 Å². The molecule has 0 aliphatic carbocycles. The van der Waals surface area contributed by atoms with Gasteiger partial charge in [0.1, 0.15) is 23.2 Å². The molecule has 100 valence electrons. The molecule has 0 atom stereocenters. The van der Waals surface area contributed by atoms with Gasteiger partial charge in [-0.1, -0.05) is 11.6 Å². The zero-order chi connectivity index (χ0) is 14.5. The molecule has 2 aromatic rings. The van der Waals surface area contributed by atoms with Gasteiger partial charge in [-0.2, -0.15) is 5.26 Å². The van der Waals surface area contributed by atoms with E-state index < -0.39 is 5.97 Å². The molecule has 0 saturated carbocycles. The van der Waals surface area contributed by atoms with Crippen molar-refractivity contribution in [1.29, 1.82) is 5.26 Å². The summed E-state index contributed by atoms with van der Waals surface area (Å²) < 4.78 is 10.1. The summed E-state index contributed by atoms with van der Waals surface area (Å²) in [4.78, 5) is 11.3. The average Bonchev–Trinajstić information content (AvgIpc) is 2.93. The molecular formula is C15H10ClNO3. The second-order valence-corrected chi connectivity index (χ2v) is 4.31. The maximum absolute atomic E-state index is 11.3. The van der Waals surface area contributed by atoms with E-state index in [1.165, 1.54) is 13.2 Å². The highest BCUT2D eigenvalue weighted by Gasteiger charge is 2.10. The number of carbonyl (C=O) groups is 1. The Bertz CT molecular complexity index is 693. The molecule has 0 spiro atoms. The van der Waals surface area contributed by atoms with Crippen LogP contribution in [-0.2, 0) is 9.53 Å². The third-order valence-corrected chi connectivity index (χ3v) is 2.82. The molecule has 0 unspecified atom stereocenters. The number of esters is 1. The summed E-state index contributed by atoms with van der Waals surface area (Å²) in [6.07, 6.45) is 1.34. The van der Waals surface area contributed by atoms with Crippen LogP contribution in [0.25, 0.3) is 17.4 Å². The minimum absolute atomic E-state index is 0.121. The number of ether oxygens (including phenoxy) is 1. The quantitative estimate of drug-likeness (QED) is 0.491. The van der Waals surface area contributed by atoms with Crippen LogP contribution in [0.2, 0.25) is 5.02 Å². The molecule has 0 N–H and O–H groups in total. The maximum atomic E-state index is 11.3. The fourth-order valence-corrected chi connectivity index (χ4v) is 1.71. The normalized spacial score (nSPS) is 10.9. The van der Waals surface area contributed by atoms with Crippen molar-refractivity contribution < 1.29 is 13.9 Å². The molecule has 0 saturated heterocycles. The van der Waals surface area contributed by atoms with Crippen molar-refractivity contribution in [2.45, 2.75) is 0 Å². The smallest absolute Gasteiger partial charge is 0.348 e. The number of halogens is 1. The molecule has 2 rings (SSSR count). The second kappa shape index (κ2) is 6.09. The number of benzene rings is 1. The minimum Gasteiger partial charge on any atom is -0.465 e. The Kier molecular flexibility index (Phi) is 4.24. The van der Waals surface area contributed by atoms with Gasteiger partial charge in [0, 0.05) is 16.7 Å². The van der Waals surface area contributed by atoms with E-state index in [2.05, 4.69) is 4.74 Å². The minimum atomic E-state index is -0.697. The fraction of sp³-hybridized carbons (Fsp3) is 0.0667. The van der Waals surface area contributed by atoms with E-state index in [0.29, 0.717) is 16.5 Å². The Morgan fingerprint density at radius 3 is 2.60 bits per heavy atom. The summed E-state index contributed by atoms with van der Waals surface area (Å²) in [6, 6.07) is 12.3. The number of hydrogen-bond acceptors (Lipinski definition) is 4. The Labute approximate surface area is 120 Å². The SMILES string of the molecule is COC(=O)/C(C#N)=C\c1ccc(-c2ccc(Cl)cc2)o1. The van der Waals surface area contributed by atoms with Gasteiger partial charge < -0.3 is 9.15 Å². The molecule has 0 aliphatic rings. The lowest BCUT2D eigenvalue weighted by molar-refractivity contribution is -0.135. The van der Waals surface area contributed by atoms with Crippen molar-refractivity contribution in [2.24, 2.45) is 0 Å². The standard InChI is InChI=1S/C15H10ClNO3/c1-19-15(18)11(9-17)8-13-6-7-14(20-13)10-2-4-12(16)5-3-10/h2-8H,1H3/b11-8-. The number of rotatable bonds is 3. The van der Waals surface area contributed by atoms with E-state index in [-0.39, 0.29) is 5.57 Å². The summed E-state index contributed by atoms with van der Waals surface area (Å²) in [7, 11) is 1.22. The summed E-state index contributed by atoms with van der Waals surface area (Å²) in [5, 5.41) is 9.50. The number of nitrogens with zero attached hydrogens (tertiary/aromatic N) is 1. The molecular weight excluding hydrogens is 278 g/mol. The van der Waals surface area contributed by atoms with Gasteiger partial charge in [0.05, 0.1) is 7.11 Å². The average molecular weight is 288 g/mol. The van der Waals surface area contributed by atoms with Gasteiger partial charge >= 0.3 is 5.97 Å². The third kappa shape index (κ3) is 3.08. The summed E-state index contributed by atoms with van der Waals surface area (Å²) in [5.41, 5.74) is 0.732. The number of methoxy groups -OCH3 is 1. The van der Waals surface area contributed by atoms with Crippen LogP contribution in [0.5, 0.6) is 0 Å². The first kappa shape index (κ1) is 13.9. The molecule has 0 bridgehead atoms. The van der Waals surface area contributed by atoms with Crippen LogP contribution in [0.15, 0.2) is 46.4 Å². The van der Waals surface area contributed by atoms with E-state index in [9.17, 15) is 4.79 Å². The molecule has 0 radical (unpaired) electrons. The summed E-state index contributed by atoms with van der Waals surface area (Å²) >= 11 is 5.82. The van der Waals surface area contributed by atoms with Crippen molar-refractivity contribution in [3.63, 3.8) is 0 Å². The van der Waals surface area contributed by atoms with Gasteiger partial charge in [-0.25, -0.2) is 4.79 Å². The van der Waals surface area contributed by atoms with Gasteiger partial charge in [0.2, 0.25) is 0 Å². The number of hydrogen-bond donors (Lipinski definition) is 0. The van der Waals surface area contributed by atoms with E-state index in [0.717, 1.165) is 5.56 Å². The Morgan fingerprint density at radius 2 is 2.00 bits per heavy atom. The van der Waals surface area contributed by atoms with Gasteiger partial charge in [0.25, 0.3) is 0 Å². The predicted octanol–water partition coefficient (Wildman–Crippen LogP) is 3.68. The van der Waals surface area contributed by atoms with Crippen molar-refractivity contribution in [3.05, 3.63) is 52.8 Å². The molecule has 0 aliphatic heterocycles. The van der Waals surface area contributed by atoms with Gasteiger partial charge in [-0.15, -0.1) is 0 Å². The van der Waals surface area contributed by atoms with Crippen LogP contribution in [0.1, 0.15) is 5.76 Å². The van der Waals surface area contributed by atoms with Crippen molar-refractivity contribution >= 4 is 23.6 Å². The topological polar surface area (TPSA) is 63.2 Å². The Balaban J connectivity index is 2.29. The molecule has 20 heavy (non-hydrogen) atoms. The second-order valence-electron chi connectivity index (χ2n) is 3.87. The van der Waals surface area contributed by atoms with Crippen molar-refractivity contribution in [1.82, 2.24) is 0 Å². The monoisotopic (exact) mass is 287 g/mol. The highest BCUT2D eigenvalue weighted by molar-refractivity contribution is 6.30. The molecule has 5 heteroatoms. The summed E-state index contributed by atoms with van der Waals surface area (Å²) in [5.74, 6) is 0.323. The molecule has 4 nitrogen and oxygen atoms in total. The highest BCUT2D eigenvalue weighted by Crippen LogP contribution is 2.24. The van der Waals surface area contributed by atoms with Gasteiger partial charge in [-0.3, -0.25) is 0 Å². The molecule has 0 amide bonds. The largest absolute Gasteiger partial charge is 0.465 e. The molecule has 0 fully saturated rings. The van der Waals surface area contributed by atoms with Crippen molar-refractivity contribution in [2.75, 3.05) is 7.11 Å². The first-order valence-electron chi connectivity index (χ1n) is 5.70. The van der Waals surface area contributed by atoms with Crippen LogP contribution in [0.4, 0.5) is 0 Å². The van der Waals surface area contributed by atoms with E-state index in [1.807, 2.05) is 12.1 Å². The lowest BCUT2D eigenvalue weighted by Gasteiger charge is -1.97. The van der Waals surface area contributed by atoms with E-state index in [1.54, 1.807) is 30.3 Å². The van der Waals surface area contributed by atoms with Gasteiger partial charge in [0.15, 0.2) is 0 Å². The van der Waals surface area contributed by atoms with Gasteiger partial charge in [-0.05, 0) is 36.4 Å². The van der Waals surface area contributed by atoms with E-state index >= 15 is 0 Å². The molecule has 1 heterocycles. The van der Waals surface area contributed by atoms with Crippen LogP contribution in [-0.4, -0.2) is 13.1 Å². The van der Waals surface area contributed by atoms with Crippen molar-refractivity contribution in [3.8, 4) is 17.4 Å². The number of nitriles is 1. The first-order valence-corrected chi connectivity index (χ1v) is 6.07. The van der Waals surface area contributed by atoms with Crippen LogP contribution < -0.4 is 0 Å². The summed E-state index contributed by atoms with van der Waals surface area (Å²) in [6.45, 7) is 0. The number of carbonyl (C=O) groups excluding carboxylic acids is 1. The predicted molar refractivity (Wildman–Crippen MR) is 74.8 cm³/mol. The van der Waals surface area contributed by atoms with Crippen LogP contribution in [0, 0.1) is 11.3 Å². The first-order chi connectivity index (χ1) is 9.63. The third-order valence-electron chi connectivity index (χ3n) is 2.57. The Morgan fingerprint density at radius 1 is 1.30 bits per heavy atom. The Hall–Kier alpha value is -2.51. The molecule has 1 aromatic heterocycles. The fourth-order valence-electron chi connectivity index (χ4n) is 1.59. The zero-order valence-corrected chi connectivity index (χ0v) is 11.3. The number of furan rings is 1. The molecule has 1 aromatic carbocycles. The van der Waals surface area contributed by atoms with Crippen LogP contribution in [0.3, 0.4) is 0 Å². The lowest BCUT2D eigenvalue weighted by atomic mass is 10.2. The maximum Gasteiger partial charge on any atom is 0.348 e. The zero-order valence-electron chi connectivity index (χ0n) is 10.6. The highest BCUT2D eigenvalue weighted by atomic mass is 35.5.